The molecular weight excluding hydrogens is 441 g/mol. The molecule has 0 saturated carbocycles. The summed E-state index contributed by atoms with van der Waals surface area (Å²) in [6.45, 7) is 0.0644. The van der Waals surface area contributed by atoms with Gasteiger partial charge in [-0.25, -0.2) is 4.39 Å². The van der Waals surface area contributed by atoms with Crippen molar-refractivity contribution < 1.29 is 23.5 Å². The number of carbonyl (C=O) groups is 2. The molecule has 0 aliphatic carbocycles. The molecule has 0 spiro atoms. The first-order valence-corrected chi connectivity index (χ1v) is 9.57. The summed E-state index contributed by atoms with van der Waals surface area (Å²) in [6, 6.07) is 14.8. The van der Waals surface area contributed by atoms with Crippen LogP contribution in [0, 0.1) is 5.82 Å². The van der Waals surface area contributed by atoms with Crippen LogP contribution in [-0.4, -0.2) is 21.7 Å². The highest BCUT2D eigenvalue weighted by Gasteiger charge is 2.46. The van der Waals surface area contributed by atoms with Gasteiger partial charge in [0.1, 0.15) is 17.3 Å². The molecule has 1 unspecified atom stereocenters. The second-order valence-electron chi connectivity index (χ2n) is 6.57. The van der Waals surface area contributed by atoms with Crippen molar-refractivity contribution in [3.05, 3.63) is 99.7 Å². The number of Topliss-reactive ketones (excluding diaryl/α,β-unsaturated/α-hetero) is 1. The largest absolute Gasteiger partial charge is 0.507 e. The minimum atomic E-state index is -0.817. The molecule has 2 aromatic carbocycles. The fourth-order valence-electron chi connectivity index (χ4n) is 3.40. The zero-order valence-corrected chi connectivity index (χ0v) is 16.6. The van der Waals surface area contributed by atoms with E-state index in [-0.39, 0.29) is 23.4 Å². The lowest BCUT2D eigenvalue weighted by Crippen LogP contribution is -2.29. The van der Waals surface area contributed by atoms with E-state index in [1.165, 1.54) is 35.4 Å². The normalized spacial score (nSPS) is 18.4. The predicted molar refractivity (Wildman–Crippen MR) is 107 cm³/mol. The van der Waals surface area contributed by atoms with Gasteiger partial charge in [0.15, 0.2) is 0 Å². The zero-order chi connectivity index (χ0) is 20.5. The summed E-state index contributed by atoms with van der Waals surface area (Å²) in [5.74, 6) is -1.86. The van der Waals surface area contributed by atoms with Crippen LogP contribution in [0.5, 0.6) is 0 Å². The van der Waals surface area contributed by atoms with Crippen LogP contribution < -0.4 is 0 Å². The number of aliphatic hydroxyl groups is 1. The molecule has 3 aromatic rings. The average molecular weight is 456 g/mol. The Hall–Kier alpha value is -3.19. The van der Waals surface area contributed by atoms with Gasteiger partial charge in [-0.15, -0.1) is 0 Å². The second kappa shape index (κ2) is 7.67. The van der Waals surface area contributed by atoms with E-state index < -0.39 is 23.5 Å². The molecule has 1 amide bonds. The van der Waals surface area contributed by atoms with E-state index in [0.717, 1.165) is 4.47 Å². The van der Waals surface area contributed by atoms with Gasteiger partial charge in [-0.2, -0.15) is 0 Å². The summed E-state index contributed by atoms with van der Waals surface area (Å²) in [4.78, 5) is 27.0. The number of likely N-dealkylation sites (tertiary alicyclic amines) is 1. The van der Waals surface area contributed by atoms with Gasteiger partial charge in [0.05, 0.1) is 24.4 Å². The highest BCUT2D eigenvalue weighted by Crippen LogP contribution is 2.40. The number of amides is 1. The summed E-state index contributed by atoms with van der Waals surface area (Å²) in [5, 5.41) is 10.9. The van der Waals surface area contributed by atoms with Crippen LogP contribution in [0.2, 0.25) is 0 Å². The molecule has 1 aliphatic rings. The number of hydrogen-bond donors (Lipinski definition) is 1. The Kier molecular flexibility index (Phi) is 5.07. The van der Waals surface area contributed by atoms with Crippen LogP contribution >= 0.6 is 15.9 Å². The smallest absolute Gasteiger partial charge is 0.296 e. The summed E-state index contributed by atoms with van der Waals surface area (Å²) >= 11 is 3.40. The maximum atomic E-state index is 13.3. The monoisotopic (exact) mass is 455 g/mol. The Morgan fingerprint density at radius 3 is 2.52 bits per heavy atom. The second-order valence-corrected chi connectivity index (χ2v) is 7.48. The van der Waals surface area contributed by atoms with E-state index in [9.17, 15) is 19.1 Å². The standard InChI is InChI=1S/C22H15BrFNO4/c23-15-4-1-3-14(11-15)19-18(20(26)13-6-8-16(24)9-7-13)21(27)22(28)25(19)12-17-5-2-10-29-17/h1-11,19,26H,12H2/b20-18+. The molecule has 1 aromatic heterocycles. The van der Waals surface area contributed by atoms with Crippen LogP contribution in [0.25, 0.3) is 5.76 Å². The molecule has 1 atom stereocenters. The summed E-state index contributed by atoms with van der Waals surface area (Å²) < 4.78 is 19.4. The van der Waals surface area contributed by atoms with Crippen molar-refractivity contribution in [2.45, 2.75) is 12.6 Å². The van der Waals surface area contributed by atoms with Crippen LogP contribution in [0.4, 0.5) is 4.39 Å². The lowest BCUT2D eigenvalue weighted by atomic mass is 9.95. The zero-order valence-electron chi connectivity index (χ0n) is 15.0. The molecule has 0 bridgehead atoms. The molecular formula is C22H15BrFNO4. The Bertz CT molecular complexity index is 1110. The molecule has 1 saturated heterocycles. The van der Waals surface area contributed by atoms with Gasteiger partial charge in [0.2, 0.25) is 0 Å². The van der Waals surface area contributed by atoms with Gasteiger partial charge in [0, 0.05) is 10.0 Å². The molecule has 146 valence electrons. The maximum Gasteiger partial charge on any atom is 0.296 e. The van der Waals surface area contributed by atoms with Crippen molar-refractivity contribution in [1.82, 2.24) is 4.90 Å². The van der Waals surface area contributed by atoms with Crippen molar-refractivity contribution in [2.24, 2.45) is 0 Å². The molecule has 0 radical (unpaired) electrons. The van der Waals surface area contributed by atoms with Gasteiger partial charge in [0.25, 0.3) is 11.7 Å². The minimum absolute atomic E-state index is 0.0498. The van der Waals surface area contributed by atoms with Crippen molar-refractivity contribution in [2.75, 3.05) is 0 Å². The number of ketones is 1. The highest BCUT2D eigenvalue weighted by molar-refractivity contribution is 9.10. The molecule has 5 nitrogen and oxygen atoms in total. The first kappa shape index (κ1) is 19.1. The van der Waals surface area contributed by atoms with Crippen molar-refractivity contribution in [3.63, 3.8) is 0 Å². The SMILES string of the molecule is O=C1C(=O)N(Cc2ccco2)C(c2cccc(Br)c2)/C1=C(\O)c1ccc(F)cc1. The average Bonchev–Trinajstić information content (AvgIpc) is 3.30. The van der Waals surface area contributed by atoms with Gasteiger partial charge in [-0.3, -0.25) is 9.59 Å². The first-order valence-electron chi connectivity index (χ1n) is 8.78. The third kappa shape index (κ3) is 3.61. The number of rotatable bonds is 4. The fraction of sp³-hybridized carbons (Fsp3) is 0.0909. The Labute approximate surface area is 174 Å². The van der Waals surface area contributed by atoms with Crippen LogP contribution in [0.3, 0.4) is 0 Å². The van der Waals surface area contributed by atoms with Crippen LogP contribution in [0.15, 0.2) is 81.4 Å². The van der Waals surface area contributed by atoms with Crippen molar-refractivity contribution in [3.8, 4) is 0 Å². The van der Waals surface area contributed by atoms with Gasteiger partial charge in [-0.1, -0.05) is 28.1 Å². The van der Waals surface area contributed by atoms with Crippen LogP contribution in [-0.2, 0) is 16.1 Å². The summed E-state index contributed by atoms with van der Waals surface area (Å²) in [5.41, 5.74) is 0.849. The van der Waals surface area contributed by atoms with E-state index in [4.69, 9.17) is 4.42 Å². The van der Waals surface area contributed by atoms with E-state index in [1.807, 2.05) is 6.07 Å². The number of aliphatic hydroxyl groups excluding tert-OH is 1. The molecule has 2 heterocycles. The van der Waals surface area contributed by atoms with Crippen LogP contribution in [0.1, 0.15) is 22.9 Å². The van der Waals surface area contributed by atoms with Gasteiger partial charge >= 0.3 is 0 Å². The number of hydrogen-bond acceptors (Lipinski definition) is 4. The lowest BCUT2D eigenvalue weighted by molar-refractivity contribution is -0.140. The molecule has 1 fully saturated rings. The molecule has 1 N–H and O–H groups in total. The lowest BCUT2D eigenvalue weighted by Gasteiger charge is -2.24. The Morgan fingerprint density at radius 2 is 1.86 bits per heavy atom. The first-order chi connectivity index (χ1) is 14.0. The topological polar surface area (TPSA) is 70.8 Å². The third-order valence-corrected chi connectivity index (χ3v) is 5.22. The molecule has 7 heteroatoms. The summed E-state index contributed by atoms with van der Waals surface area (Å²) in [7, 11) is 0. The Morgan fingerprint density at radius 1 is 1.10 bits per heavy atom. The third-order valence-electron chi connectivity index (χ3n) is 4.73. The molecule has 29 heavy (non-hydrogen) atoms. The fourth-order valence-corrected chi connectivity index (χ4v) is 3.82. The summed E-state index contributed by atoms with van der Waals surface area (Å²) in [6.07, 6.45) is 1.48. The number of nitrogens with zero attached hydrogens (tertiary/aromatic N) is 1. The van der Waals surface area contributed by atoms with E-state index >= 15 is 0 Å². The van der Waals surface area contributed by atoms with Gasteiger partial charge in [-0.05, 0) is 54.1 Å². The maximum absolute atomic E-state index is 13.3. The van der Waals surface area contributed by atoms with Gasteiger partial charge < -0.3 is 14.4 Å². The van der Waals surface area contributed by atoms with E-state index in [0.29, 0.717) is 11.3 Å². The quantitative estimate of drug-likeness (QED) is 0.348. The highest BCUT2D eigenvalue weighted by atomic mass is 79.9. The number of carbonyl (C=O) groups excluding carboxylic acids is 2. The number of furan rings is 1. The Balaban J connectivity index is 1.87. The number of benzene rings is 2. The van der Waals surface area contributed by atoms with E-state index in [2.05, 4.69) is 15.9 Å². The van der Waals surface area contributed by atoms with Crippen molar-refractivity contribution >= 4 is 33.4 Å². The molecule has 4 rings (SSSR count). The minimum Gasteiger partial charge on any atom is -0.507 e. The number of halogens is 2. The van der Waals surface area contributed by atoms with Crippen molar-refractivity contribution in [1.29, 1.82) is 0 Å². The predicted octanol–water partition coefficient (Wildman–Crippen LogP) is 4.80. The van der Waals surface area contributed by atoms with E-state index in [1.54, 1.807) is 30.3 Å². The molecule has 1 aliphatic heterocycles.